The van der Waals surface area contributed by atoms with E-state index in [9.17, 15) is 0 Å². The van der Waals surface area contributed by atoms with Gasteiger partial charge in [-0.25, -0.2) is 0 Å². The number of hydrogen-bond acceptors (Lipinski definition) is 3. The van der Waals surface area contributed by atoms with Crippen LogP contribution in [0.15, 0.2) is 121 Å². The molecule has 0 radical (unpaired) electrons. The Hall–Kier alpha value is -5.22. The van der Waals surface area contributed by atoms with Crippen LogP contribution in [0.5, 0.6) is 0 Å². The summed E-state index contributed by atoms with van der Waals surface area (Å²) < 4.78 is 0. The first-order valence-electron chi connectivity index (χ1n) is 21.9. The zero-order valence-corrected chi connectivity index (χ0v) is 37.4. The van der Waals surface area contributed by atoms with E-state index in [1.54, 1.807) is 0 Å². The molecule has 298 valence electrons. The molecular formula is C55H60BN3. The van der Waals surface area contributed by atoms with Gasteiger partial charge in [0, 0.05) is 50.9 Å². The summed E-state index contributed by atoms with van der Waals surface area (Å²) in [6.07, 6.45) is 2.39. The number of rotatable bonds is 3. The normalized spacial score (nSPS) is 20.4. The Bertz CT molecular complexity index is 2690. The molecule has 0 aromatic heterocycles. The van der Waals surface area contributed by atoms with Crippen LogP contribution in [0, 0.1) is 6.92 Å². The topological polar surface area (TPSA) is 9.72 Å². The smallest absolute Gasteiger partial charge is 0.252 e. The van der Waals surface area contributed by atoms with Gasteiger partial charge in [-0.15, -0.1) is 0 Å². The average Bonchev–Trinajstić information content (AvgIpc) is 3.31. The lowest BCUT2D eigenvalue weighted by Gasteiger charge is -2.56. The van der Waals surface area contributed by atoms with Gasteiger partial charge in [-0.2, -0.15) is 0 Å². The molecule has 4 aliphatic rings. The molecule has 6 aromatic rings. The van der Waals surface area contributed by atoms with Gasteiger partial charge in [-0.05, 0) is 148 Å². The van der Waals surface area contributed by atoms with Gasteiger partial charge in [-0.3, -0.25) is 0 Å². The van der Waals surface area contributed by atoms with Gasteiger partial charge in [0.25, 0.3) is 6.71 Å². The Kier molecular flexibility index (Phi) is 8.00. The van der Waals surface area contributed by atoms with Crippen molar-refractivity contribution in [1.82, 2.24) is 0 Å². The Labute approximate surface area is 354 Å². The summed E-state index contributed by atoms with van der Waals surface area (Å²) in [4.78, 5) is 7.87. The Morgan fingerprint density at radius 3 is 1.66 bits per heavy atom. The molecule has 1 saturated carbocycles. The SMILES string of the molecule is Cc1cc2c3c(c1)N(c1cccc(C(C)(C)C)c1)c1cc(C(C)(C)C)ccc1B3c1ccc(N3c4ccccc4C4(C)CCC34C)cc1N2c1ccc(C(C)(C)C)cc1. The number of aryl methyl sites for hydroxylation is 1. The van der Waals surface area contributed by atoms with Crippen LogP contribution in [0.2, 0.25) is 0 Å². The predicted molar refractivity (Wildman–Crippen MR) is 255 cm³/mol. The van der Waals surface area contributed by atoms with E-state index in [0.717, 1.165) is 0 Å². The molecule has 2 atom stereocenters. The highest BCUT2D eigenvalue weighted by Gasteiger charge is 2.63. The molecule has 0 bridgehead atoms. The highest BCUT2D eigenvalue weighted by atomic mass is 15.3. The minimum atomic E-state index is -0.000453. The lowest BCUT2D eigenvalue weighted by molar-refractivity contribution is 0.133. The number of para-hydroxylation sites is 1. The fourth-order valence-electron chi connectivity index (χ4n) is 11.0. The summed E-state index contributed by atoms with van der Waals surface area (Å²) in [6.45, 7) is 28.2. The minimum Gasteiger partial charge on any atom is -0.334 e. The van der Waals surface area contributed by atoms with Crippen molar-refractivity contribution in [3.05, 3.63) is 149 Å². The van der Waals surface area contributed by atoms with Gasteiger partial charge in [0.05, 0.1) is 5.54 Å². The van der Waals surface area contributed by atoms with Crippen molar-refractivity contribution in [3.8, 4) is 0 Å². The van der Waals surface area contributed by atoms with E-state index in [1.807, 2.05) is 0 Å². The van der Waals surface area contributed by atoms with Gasteiger partial charge >= 0.3 is 0 Å². The number of anilines is 8. The quantitative estimate of drug-likeness (QED) is 0.166. The van der Waals surface area contributed by atoms with E-state index in [-0.39, 0.29) is 33.9 Å². The van der Waals surface area contributed by atoms with Crippen LogP contribution >= 0.6 is 0 Å². The van der Waals surface area contributed by atoms with Crippen LogP contribution < -0.4 is 31.1 Å². The molecule has 0 amide bonds. The fourth-order valence-corrected chi connectivity index (χ4v) is 11.0. The predicted octanol–water partition coefficient (Wildman–Crippen LogP) is 12.9. The fraction of sp³-hybridized carbons (Fsp3) is 0.345. The molecule has 3 heterocycles. The van der Waals surface area contributed by atoms with Crippen molar-refractivity contribution in [1.29, 1.82) is 0 Å². The summed E-state index contributed by atoms with van der Waals surface area (Å²) in [6, 6.07) is 47.6. The highest BCUT2D eigenvalue weighted by molar-refractivity contribution is 7.00. The minimum absolute atomic E-state index is 0.000453. The molecule has 1 aliphatic carbocycles. The Balaban J connectivity index is 1.26. The van der Waals surface area contributed by atoms with E-state index in [4.69, 9.17) is 0 Å². The van der Waals surface area contributed by atoms with Crippen LogP contribution in [0.1, 0.15) is 117 Å². The third-order valence-electron chi connectivity index (χ3n) is 14.8. The second-order valence-electron chi connectivity index (χ2n) is 21.6. The Morgan fingerprint density at radius 1 is 0.475 bits per heavy atom. The molecule has 1 fully saturated rings. The molecule has 3 nitrogen and oxygen atoms in total. The standard InChI is InChI=1S/C55H60BN3/c1-35-30-48-50-49(31-35)58(40-17-15-16-37(32-40)52(5,6)7)46-33-38(53(8,9)10)22-26-43(46)56(50)44-27-25-41(34-47(44)57(48)39-23-20-36(21-24-39)51(2,3)4)59-45-19-14-13-18-42(45)54(11)28-29-55(54,59)12/h13-27,30-34H,28-29H2,1-12H3. The van der Waals surface area contributed by atoms with Crippen molar-refractivity contribution in [2.24, 2.45) is 0 Å². The van der Waals surface area contributed by atoms with Crippen molar-refractivity contribution in [2.75, 3.05) is 14.7 Å². The van der Waals surface area contributed by atoms with Gasteiger partial charge in [0.2, 0.25) is 0 Å². The molecule has 0 saturated heterocycles. The maximum Gasteiger partial charge on any atom is 0.252 e. The number of nitrogens with zero attached hydrogens (tertiary/aromatic N) is 3. The van der Waals surface area contributed by atoms with Gasteiger partial charge in [-0.1, -0.05) is 130 Å². The third kappa shape index (κ3) is 5.47. The average molecular weight is 774 g/mol. The molecule has 2 unspecified atom stereocenters. The van der Waals surface area contributed by atoms with Crippen molar-refractivity contribution < 1.29 is 0 Å². The maximum absolute atomic E-state index is 2.69. The van der Waals surface area contributed by atoms with E-state index in [0.29, 0.717) is 0 Å². The number of benzene rings is 6. The van der Waals surface area contributed by atoms with Gasteiger partial charge in [0.1, 0.15) is 0 Å². The first kappa shape index (κ1) is 38.0. The van der Waals surface area contributed by atoms with Crippen LogP contribution in [0.3, 0.4) is 0 Å². The summed E-state index contributed by atoms with van der Waals surface area (Å²) in [7, 11) is 0. The molecule has 3 aliphatic heterocycles. The van der Waals surface area contributed by atoms with E-state index in [1.165, 1.54) is 103 Å². The molecule has 6 aromatic carbocycles. The van der Waals surface area contributed by atoms with Gasteiger partial charge < -0.3 is 14.7 Å². The number of fused-ring (bicyclic) bond motifs is 7. The van der Waals surface area contributed by atoms with Gasteiger partial charge in [0.15, 0.2) is 0 Å². The summed E-state index contributed by atoms with van der Waals surface area (Å²) in [5.74, 6) is 0. The first-order valence-corrected chi connectivity index (χ1v) is 21.9. The van der Waals surface area contributed by atoms with Crippen LogP contribution in [0.4, 0.5) is 45.5 Å². The van der Waals surface area contributed by atoms with Crippen LogP contribution in [-0.2, 0) is 21.7 Å². The monoisotopic (exact) mass is 773 g/mol. The third-order valence-corrected chi connectivity index (χ3v) is 14.8. The summed E-state index contributed by atoms with van der Waals surface area (Å²) >= 11 is 0. The lowest BCUT2D eigenvalue weighted by atomic mass is 9.33. The highest BCUT2D eigenvalue weighted by Crippen LogP contribution is 2.65. The molecule has 0 spiro atoms. The van der Waals surface area contributed by atoms with E-state index in [2.05, 4.69) is 219 Å². The molecule has 4 heteroatoms. The van der Waals surface area contributed by atoms with Crippen molar-refractivity contribution in [3.63, 3.8) is 0 Å². The summed E-state index contributed by atoms with van der Waals surface area (Å²) in [5, 5.41) is 0. The van der Waals surface area contributed by atoms with Crippen LogP contribution in [0.25, 0.3) is 0 Å². The van der Waals surface area contributed by atoms with E-state index < -0.39 is 0 Å². The first-order chi connectivity index (χ1) is 27.8. The Morgan fingerprint density at radius 2 is 1.03 bits per heavy atom. The largest absolute Gasteiger partial charge is 0.334 e. The lowest BCUT2D eigenvalue weighted by Crippen LogP contribution is -2.62. The zero-order chi connectivity index (χ0) is 41.6. The number of hydrogen-bond donors (Lipinski definition) is 0. The second-order valence-corrected chi connectivity index (χ2v) is 21.6. The molecule has 59 heavy (non-hydrogen) atoms. The molecule has 10 rings (SSSR count). The zero-order valence-electron chi connectivity index (χ0n) is 37.4. The van der Waals surface area contributed by atoms with E-state index >= 15 is 0 Å². The molecular weight excluding hydrogens is 713 g/mol. The van der Waals surface area contributed by atoms with Crippen molar-refractivity contribution in [2.45, 2.75) is 123 Å². The summed E-state index contributed by atoms with van der Waals surface area (Å²) in [5.41, 5.74) is 21.2. The molecule has 0 N–H and O–H groups in total. The second kappa shape index (κ2) is 12.4. The van der Waals surface area contributed by atoms with Crippen LogP contribution in [-0.4, -0.2) is 12.3 Å². The van der Waals surface area contributed by atoms with Crippen molar-refractivity contribution >= 4 is 68.6 Å². The maximum atomic E-state index is 2.69.